The number of nitrogens with zero attached hydrogens (tertiary/aromatic N) is 1. The molecule has 0 heterocycles. The molecule has 0 atom stereocenters. The van der Waals surface area contributed by atoms with Crippen molar-refractivity contribution in [3.8, 4) is 5.75 Å². The fourth-order valence-corrected chi connectivity index (χ4v) is 2.44. The van der Waals surface area contributed by atoms with Crippen LogP contribution in [0.15, 0.2) is 53.5 Å². The first-order chi connectivity index (χ1) is 13.1. The van der Waals surface area contributed by atoms with E-state index in [9.17, 15) is 4.79 Å². The van der Waals surface area contributed by atoms with Crippen molar-refractivity contribution in [2.75, 3.05) is 33.3 Å². The van der Waals surface area contributed by atoms with Gasteiger partial charge in [0.2, 0.25) is 0 Å². The molecule has 28 heavy (non-hydrogen) atoms. The second-order valence-corrected chi connectivity index (χ2v) is 6.21. The molecular formula is C21H29IN4O2. The number of hydrogen-bond donors (Lipinski definition) is 3. The summed E-state index contributed by atoms with van der Waals surface area (Å²) in [7, 11) is 1.71. The summed E-state index contributed by atoms with van der Waals surface area (Å²) in [6, 6.07) is 15.5. The normalized spacial score (nSPS) is 10.6. The standard InChI is InChI=1S/C21H28N4O2.HI/c1-16-7-9-19(10-8-16)27-14-13-25-21(22-3)24-12-11-23-20(26)18-6-4-5-17(2)15-18;/h4-10,15H,11-14H2,1-3H3,(H,23,26)(H2,22,24,25);1H. The summed E-state index contributed by atoms with van der Waals surface area (Å²) < 4.78 is 5.67. The Bertz CT molecular complexity index is 763. The number of benzene rings is 2. The topological polar surface area (TPSA) is 74.8 Å². The third kappa shape index (κ3) is 8.60. The molecule has 0 aromatic heterocycles. The predicted octanol–water partition coefficient (Wildman–Crippen LogP) is 2.90. The van der Waals surface area contributed by atoms with Gasteiger partial charge in [-0.15, -0.1) is 24.0 Å². The second-order valence-electron chi connectivity index (χ2n) is 6.21. The first-order valence-electron chi connectivity index (χ1n) is 9.07. The van der Waals surface area contributed by atoms with E-state index in [0.29, 0.717) is 37.8 Å². The molecule has 1 amide bonds. The van der Waals surface area contributed by atoms with Gasteiger partial charge in [-0.2, -0.15) is 0 Å². The fraction of sp³-hybridized carbons (Fsp3) is 0.333. The van der Waals surface area contributed by atoms with Crippen LogP contribution in [-0.4, -0.2) is 45.2 Å². The zero-order valence-corrected chi connectivity index (χ0v) is 18.9. The molecular weight excluding hydrogens is 467 g/mol. The van der Waals surface area contributed by atoms with E-state index in [1.807, 2.05) is 62.4 Å². The summed E-state index contributed by atoms with van der Waals surface area (Å²) in [6.07, 6.45) is 0. The van der Waals surface area contributed by atoms with E-state index in [1.165, 1.54) is 5.56 Å². The van der Waals surface area contributed by atoms with Gasteiger partial charge in [0.05, 0.1) is 6.54 Å². The smallest absolute Gasteiger partial charge is 0.251 e. The van der Waals surface area contributed by atoms with Crippen LogP contribution in [0.2, 0.25) is 0 Å². The van der Waals surface area contributed by atoms with Gasteiger partial charge in [-0.05, 0) is 38.1 Å². The Kier molecular flexibility index (Phi) is 11.0. The lowest BCUT2D eigenvalue weighted by Gasteiger charge is -2.13. The van der Waals surface area contributed by atoms with E-state index in [-0.39, 0.29) is 29.9 Å². The Balaban J connectivity index is 0.00000392. The van der Waals surface area contributed by atoms with Crippen LogP contribution in [0.5, 0.6) is 5.75 Å². The van der Waals surface area contributed by atoms with Gasteiger partial charge >= 0.3 is 0 Å². The Morgan fingerprint density at radius 2 is 1.61 bits per heavy atom. The minimum Gasteiger partial charge on any atom is -0.492 e. The van der Waals surface area contributed by atoms with Crippen molar-refractivity contribution in [3.63, 3.8) is 0 Å². The number of aryl methyl sites for hydroxylation is 2. The molecule has 0 saturated carbocycles. The Morgan fingerprint density at radius 1 is 0.929 bits per heavy atom. The van der Waals surface area contributed by atoms with Gasteiger partial charge < -0.3 is 20.7 Å². The third-order valence-electron chi connectivity index (χ3n) is 3.89. The van der Waals surface area contributed by atoms with Crippen molar-refractivity contribution in [2.24, 2.45) is 4.99 Å². The molecule has 0 saturated heterocycles. The van der Waals surface area contributed by atoms with Crippen LogP contribution < -0.4 is 20.7 Å². The van der Waals surface area contributed by atoms with Crippen LogP contribution in [0, 0.1) is 13.8 Å². The van der Waals surface area contributed by atoms with Gasteiger partial charge in [0.25, 0.3) is 5.91 Å². The highest BCUT2D eigenvalue weighted by molar-refractivity contribution is 14.0. The van der Waals surface area contributed by atoms with E-state index >= 15 is 0 Å². The first kappa shape index (κ1) is 23.7. The zero-order valence-electron chi connectivity index (χ0n) is 16.6. The maximum absolute atomic E-state index is 12.1. The highest BCUT2D eigenvalue weighted by Gasteiger charge is 2.04. The lowest BCUT2D eigenvalue weighted by atomic mass is 10.1. The Labute approximate surface area is 184 Å². The molecule has 0 bridgehead atoms. The summed E-state index contributed by atoms with van der Waals surface area (Å²) in [6.45, 7) is 6.27. The van der Waals surface area contributed by atoms with Crippen LogP contribution in [0.1, 0.15) is 21.5 Å². The molecule has 0 spiro atoms. The molecule has 6 nitrogen and oxygen atoms in total. The quantitative estimate of drug-likeness (QED) is 0.228. The average Bonchev–Trinajstić information content (AvgIpc) is 2.68. The molecule has 0 fully saturated rings. The van der Waals surface area contributed by atoms with Crippen molar-refractivity contribution in [1.82, 2.24) is 16.0 Å². The summed E-state index contributed by atoms with van der Waals surface area (Å²) in [4.78, 5) is 16.2. The Hall–Kier alpha value is -2.29. The SMILES string of the molecule is CN=C(NCCNC(=O)c1cccc(C)c1)NCCOc1ccc(C)cc1.I. The molecule has 0 aliphatic rings. The average molecular weight is 496 g/mol. The van der Waals surface area contributed by atoms with Crippen molar-refractivity contribution in [3.05, 3.63) is 65.2 Å². The minimum atomic E-state index is -0.0741. The molecule has 2 rings (SSSR count). The number of halogens is 1. The summed E-state index contributed by atoms with van der Waals surface area (Å²) >= 11 is 0. The molecule has 7 heteroatoms. The first-order valence-corrected chi connectivity index (χ1v) is 9.07. The number of ether oxygens (including phenoxy) is 1. The van der Waals surface area contributed by atoms with Crippen LogP contribution >= 0.6 is 24.0 Å². The number of carbonyl (C=O) groups excluding carboxylic acids is 1. The molecule has 152 valence electrons. The van der Waals surface area contributed by atoms with E-state index in [2.05, 4.69) is 20.9 Å². The summed E-state index contributed by atoms with van der Waals surface area (Å²) in [5.41, 5.74) is 2.95. The number of aliphatic imine (C=N–C) groups is 1. The zero-order chi connectivity index (χ0) is 19.5. The number of carbonyl (C=O) groups is 1. The molecule has 2 aromatic rings. The molecule has 0 aliphatic carbocycles. The Morgan fingerprint density at radius 3 is 2.29 bits per heavy atom. The number of amides is 1. The monoisotopic (exact) mass is 496 g/mol. The van der Waals surface area contributed by atoms with Crippen LogP contribution in [-0.2, 0) is 0 Å². The van der Waals surface area contributed by atoms with Crippen molar-refractivity contribution < 1.29 is 9.53 Å². The highest BCUT2D eigenvalue weighted by atomic mass is 127. The molecule has 3 N–H and O–H groups in total. The highest BCUT2D eigenvalue weighted by Crippen LogP contribution is 2.10. The van der Waals surface area contributed by atoms with Crippen LogP contribution in [0.25, 0.3) is 0 Å². The summed E-state index contributed by atoms with van der Waals surface area (Å²) in [5.74, 6) is 1.45. The van der Waals surface area contributed by atoms with E-state index in [1.54, 1.807) is 7.05 Å². The molecule has 0 aliphatic heterocycles. The molecule has 0 radical (unpaired) electrons. The number of rotatable bonds is 8. The predicted molar refractivity (Wildman–Crippen MR) is 125 cm³/mol. The van der Waals surface area contributed by atoms with Gasteiger partial charge in [-0.3, -0.25) is 9.79 Å². The minimum absolute atomic E-state index is 0. The van der Waals surface area contributed by atoms with E-state index in [4.69, 9.17) is 4.74 Å². The molecule has 2 aromatic carbocycles. The maximum Gasteiger partial charge on any atom is 0.251 e. The number of guanidine groups is 1. The van der Waals surface area contributed by atoms with Crippen molar-refractivity contribution in [2.45, 2.75) is 13.8 Å². The van der Waals surface area contributed by atoms with Gasteiger partial charge in [-0.25, -0.2) is 0 Å². The number of nitrogens with one attached hydrogen (secondary N) is 3. The van der Waals surface area contributed by atoms with Gasteiger partial charge in [0.15, 0.2) is 5.96 Å². The lowest BCUT2D eigenvalue weighted by molar-refractivity contribution is 0.0954. The van der Waals surface area contributed by atoms with Crippen molar-refractivity contribution in [1.29, 1.82) is 0 Å². The van der Waals surface area contributed by atoms with Crippen LogP contribution in [0.3, 0.4) is 0 Å². The van der Waals surface area contributed by atoms with Gasteiger partial charge in [-0.1, -0.05) is 35.4 Å². The van der Waals surface area contributed by atoms with E-state index in [0.717, 1.165) is 11.3 Å². The van der Waals surface area contributed by atoms with Crippen molar-refractivity contribution >= 4 is 35.8 Å². The molecule has 0 unspecified atom stereocenters. The second kappa shape index (κ2) is 13.0. The largest absolute Gasteiger partial charge is 0.492 e. The third-order valence-corrected chi connectivity index (χ3v) is 3.89. The van der Waals surface area contributed by atoms with Gasteiger partial charge in [0.1, 0.15) is 12.4 Å². The lowest BCUT2D eigenvalue weighted by Crippen LogP contribution is -2.42. The fourth-order valence-electron chi connectivity index (χ4n) is 2.44. The van der Waals surface area contributed by atoms with Gasteiger partial charge in [0, 0.05) is 25.7 Å². The number of hydrogen-bond acceptors (Lipinski definition) is 3. The van der Waals surface area contributed by atoms with Crippen LogP contribution in [0.4, 0.5) is 0 Å². The summed E-state index contributed by atoms with van der Waals surface area (Å²) in [5, 5.41) is 9.23. The van der Waals surface area contributed by atoms with E-state index < -0.39 is 0 Å². The maximum atomic E-state index is 12.1.